The number of rotatable bonds is 3. The average molecular weight is 162 g/mol. The third-order valence-corrected chi connectivity index (χ3v) is 1.65. The van der Waals surface area contributed by atoms with Crippen LogP contribution < -0.4 is 4.74 Å². The number of hydrogen-bond acceptors (Lipinski definition) is 1. The van der Waals surface area contributed by atoms with Crippen molar-refractivity contribution in [2.45, 2.75) is 13.8 Å². The molecule has 0 bridgehead atoms. The summed E-state index contributed by atoms with van der Waals surface area (Å²) in [5.41, 5.74) is 2.14. The summed E-state index contributed by atoms with van der Waals surface area (Å²) >= 11 is 0. The first-order chi connectivity index (χ1) is 5.75. The van der Waals surface area contributed by atoms with Crippen LogP contribution in [-0.2, 0) is 0 Å². The lowest BCUT2D eigenvalue weighted by atomic mass is 10.1. The normalized spacial score (nSPS) is 9.50. The van der Waals surface area contributed by atoms with E-state index >= 15 is 0 Å². The van der Waals surface area contributed by atoms with Crippen molar-refractivity contribution in [1.82, 2.24) is 0 Å². The second-order valence-corrected chi connectivity index (χ2v) is 2.71. The molecule has 0 N–H and O–H groups in total. The Hall–Kier alpha value is -1.24. The van der Waals surface area contributed by atoms with E-state index in [0.29, 0.717) is 6.61 Å². The highest BCUT2D eigenvalue weighted by molar-refractivity contribution is 5.66. The van der Waals surface area contributed by atoms with Gasteiger partial charge in [0, 0.05) is 5.56 Å². The molecule has 0 spiro atoms. The molecule has 1 nitrogen and oxygen atoms in total. The van der Waals surface area contributed by atoms with Crippen molar-refractivity contribution in [3.8, 4) is 5.75 Å². The molecule has 0 fully saturated rings. The van der Waals surface area contributed by atoms with Crippen LogP contribution in [0.15, 0.2) is 30.8 Å². The molecule has 0 aliphatic rings. The monoisotopic (exact) mass is 162 g/mol. The van der Waals surface area contributed by atoms with Gasteiger partial charge in [-0.05, 0) is 25.5 Å². The zero-order chi connectivity index (χ0) is 8.97. The van der Waals surface area contributed by atoms with Crippen LogP contribution >= 0.6 is 0 Å². The molecular weight excluding hydrogens is 148 g/mol. The maximum atomic E-state index is 5.44. The van der Waals surface area contributed by atoms with Gasteiger partial charge >= 0.3 is 0 Å². The second-order valence-electron chi connectivity index (χ2n) is 2.71. The Labute approximate surface area is 73.7 Å². The fourth-order valence-corrected chi connectivity index (χ4v) is 1.10. The van der Waals surface area contributed by atoms with Crippen LogP contribution in [0.4, 0.5) is 0 Å². The van der Waals surface area contributed by atoms with E-state index < -0.39 is 0 Å². The Morgan fingerprint density at radius 1 is 1.42 bits per heavy atom. The zero-order valence-electron chi connectivity index (χ0n) is 7.63. The molecule has 1 aromatic carbocycles. The first-order valence-corrected chi connectivity index (χ1v) is 4.13. The predicted octanol–water partition coefficient (Wildman–Crippen LogP) is 3.12. The van der Waals surface area contributed by atoms with Gasteiger partial charge in [-0.3, -0.25) is 0 Å². The molecule has 1 rings (SSSR count). The largest absolute Gasteiger partial charge is 0.493 e. The van der Waals surface area contributed by atoms with Gasteiger partial charge in [-0.2, -0.15) is 0 Å². The summed E-state index contributed by atoms with van der Waals surface area (Å²) in [5.74, 6) is 0.924. The number of ether oxygens (including phenoxy) is 1. The van der Waals surface area contributed by atoms with E-state index in [2.05, 4.69) is 6.58 Å². The molecule has 1 aromatic rings. The van der Waals surface area contributed by atoms with Crippen molar-refractivity contribution < 1.29 is 4.74 Å². The van der Waals surface area contributed by atoms with E-state index in [0.717, 1.165) is 16.9 Å². The van der Waals surface area contributed by atoms with Gasteiger partial charge in [0.25, 0.3) is 0 Å². The number of benzene rings is 1. The minimum atomic E-state index is 0.699. The molecule has 0 atom stereocenters. The first-order valence-electron chi connectivity index (χ1n) is 4.13. The van der Waals surface area contributed by atoms with E-state index in [1.807, 2.05) is 38.1 Å². The zero-order valence-corrected chi connectivity index (χ0v) is 7.63. The van der Waals surface area contributed by atoms with Gasteiger partial charge < -0.3 is 4.74 Å². The lowest BCUT2D eigenvalue weighted by Gasteiger charge is -2.08. The third kappa shape index (κ3) is 1.88. The van der Waals surface area contributed by atoms with Gasteiger partial charge in [0.1, 0.15) is 5.75 Å². The van der Waals surface area contributed by atoms with E-state index in [-0.39, 0.29) is 0 Å². The van der Waals surface area contributed by atoms with Crippen molar-refractivity contribution in [1.29, 1.82) is 0 Å². The van der Waals surface area contributed by atoms with Crippen molar-refractivity contribution in [3.05, 3.63) is 36.4 Å². The van der Waals surface area contributed by atoms with Crippen LogP contribution in [0.5, 0.6) is 5.75 Å². The molecule has 0 aliphatic heterocycles. The molecule has 12 heavy (non-hydrogen) atoms. The lowest BCUT2D eigenvalue weighted by molar-refractivity contribution is 0.339. The SMILES string of the molecule is C=C(C)c1ccccc1OCC. The number of allylic oxidation sites excluding steroid dienone is 1. The van der Waals surface area contributed by atoms with Gasteiger partial charge in [0.05, 0.1) is 6.61 Å². The molecule has 1 heteroatoms. The summed E-state index contributed by atoms with van der Waals surface area (Å²) < 4.78 is 5.44. The molecule has 0 unspecified atom stereocenters. The highest BCUT2D eigenvalue weighted by Gasteiger charge is 2.00. The Morgan fingerprint density at radius 3 is 2.67 bits per heavy atom. The fourth-order valence-electron chi connectivity index (χ4n) is 1.10. The number of hydrogen-bond donors (Lipinski definition) is 0. The Balaban J connectivity index is 3.00. The van der Waals surface area contributed by atoms with Gasteiger partial charge in [-0.1, -0.05) is 24.8 Å². The van der Waals surface area contributed by atoms with Gasteiger partial charge in [-0.15, -0.1) is 0 Å². The lowest BCUT2D eigenvalue weighted by Crippen LogP contribution is -1.94. The molecule has 0 saturated heterocycles. The average Bonchev–Trinajstić information content (AvgIpc) is 2.05. The highest BCUT2D eigenvalue weighted by atomic mass is 16.5. The Kier molecular flexibility index (Phi) is 2.92. The molecular formula is C11H14O. The molecule has 0 aromatic heterocycles. The van der Waals surface area contributed by atoms with Crippen LogP contribution in [0.1, 0.15) is 19.4 Å². The van der Waals surface area contributed by atoms with Gasteiger partial charge in [0.2, 0.25) is 0 Å². The second kappa shape index (κ2) is 3.96. The Morgan fingerprint density at radius 2 is 2.08 bits per heavy atom. The molecule has 0 amide bonds. The first kappa shape index (κ1) is 8.85. The van der Waals surface area contributed by atoms with Crippen LogP contribution in [0.2, 0.25) is 0 Å². The topological polar surface area (TPSA) is 9.23 Å². The fraction of sp³-hybridized carbons (Fsp3) is 0.273. The quantitative estimate of drug-likeness (QED) is 0.663. The summed E-state index contributed by atoms with van der Waals surface area (Å²) in [6.07, 6.45) is 0. The molecule has 0 saturated carbocycles. The van der Waals surface area contributed by atoms with E-state index in [1.54, 1.807) is 0 Å². The van der Waals surface area contributed by atoms with Crippen molar-refractivity contribution in [2.75, 3.05) is 6.61 Å². The minimum absolute atomic E-state index is 0.699. The summed E-state index contributed by atoms with van der Waals surface area (Å²) in [6, 6.07) is 7.95. The Bertz CT molecular complexity index is 276. The van der Waals surface area contributed by atoms with Crippen LogP contribution in [0, 0.1) is 0 Å². The summed E-state index contributed by atoms with van der Waals surface area (Å²) in [6.45, 7) is 8.55. The molecule has 64 valence electrons. The van der Waals surface area contributed by atoms with Gasteiger partial charge in [0.15, 0.2) is 0 Å². The predicted molar refractivity (Wildman–Crippen MR) is 52.3 cm³/mol. The van der Waals surface area contributed by atoms with Gasteiger partial charge in [-0.25, -0.2) is 0 Å². The van der Waals surface area contributed by atoms with Crippen LogP contribution in [0.25, 0.3) is 5.57 Å². The summed E-state index contributed by atoms with van der Waals surface area (Å²) in [5, 5.41) is 0. The van der Waals surface area contributed by atoms with Crippen molar-refractivity contribution in [3.63, 3.8) is 0 Å². The maximum absolute atomic E-state index is 5.44. The smallest absolute Gasteiger partial charge is 0.126 e. The van der Waals surface area contributed by atoms with Crippen molar-refractivity contribution in [2.24, 2.45) is 0 Å². The minimum Gasteiger partial charge on any atom is -0.493 e. The highest BCUT2D eigenvalue weighted by Crippen LogP contribution is 2.23. The third-order valence-electron chi connectivity index (χ3n) is 1.65. The standard InChI is InChI=1S/C11H14O/c1-4-12-11-8-6-5-7-10(11)9(2)3/h5-8H,2,4H2,1,3H3. The van der Waals surface area contributed by atoms with Crippen LogP contribution in [-0.4, -0.2) is 6.61 Å². The van der Waals surface area contributed by atoms with Crippen LogP contribution in [0.3, 0.4) is 0 Å². The van der Waals surface area contributed by atoms with E-state index in [4.69, 9.17) is 4.74 Å². The molecule has 0 heterocycles. The van der Waals surface area contributed by atoms with E-state index in [1.165, 1.54) is 0 Å². The summed E-state index contributed by atoms with van der Waals surface area (Å²) in [7, 11) is 0. The molecule has 0 radical (unpaired) electrons. The summed E-state index contributed by atoms with van der Waals surface area (Å²) in [4.78, 5) is 0. The van der Waals surface area contributed by atoms with E-state index in [9.17, 15) is 0 Å². The number of para-hydroxylation sites is 1. The maximum Gasteiger partial charge on any atom is 0.126 e. The molecule has 0 aliphatic carbocycles. The van der Waals surface area contributed by atoms with Crippen molar-refractivity contribution >= 4 is 5.57 Å².